The van der Waals surface area contributed by atoms with E-state index in [1.807, 2.05) is 22.9 Å². The van der Waals surface area contributed by atoms with E-state index in [-0.39, 0.29) is 14.7 Å². The lowest BCUT2D eigenvalue weighted by atomic mass is 9.89. The molecule has 5 aromatic heterocycles. The standard InChI is InChI=1S/C22H30N6O2.C15H12N6O2.2H2/c29-20-8-10-28(22(30)24-20)21-23-15-19-18(7-4-9-27(19)21)26-13-11-25(12-14-26)16-17-5-2-1-3-6-17;1-23-12-6-11-9(7-17-20-11)5-10(12)15(22)19-14-8-16-13-3-2-4-18-21(13)14;;/h4,7,9,15,17H,1-3,5-6,8,10-14,16H2,(H,24,29,30);2-8H,1H3,(H,17,20)(H,19,22);2*1H. The van der Waals surface area contributed by atoms with Gasteiger partial charge in [-0.3, -0.25) is 34.2 Å². The van der Waals surface area contributed by atoms with Gasteiger partial charge in [0.2, 0.25) is 11.9 Å². The number of methoxy groups -OCH3 is 1. The minimum Gasteiger partial charge on any atom is -0.496 e. The molecule has 0 bridgehead atoms. The second-order valence-electron chi connectivity index (χ2n) is 13.7. The quantitative estimate of drug-likeness (QED) is 0.207. The van der Waals surface area contributed by atoms with E-state index < -0.39 is 6.03 Å². The highest BCUT2D eigenvalue weighted by atomic mass is 16.5. The van der Waals surface area contributed by atoms with Crippen molar-refractivity contribution in [2.75, 3.05) is 61.5 Å². The number of amides is 4. The molecule has 9 rings (SSSR count). The summed E-state index contributed by atoms with van der Waals surface area (Å²) in [6.07, 6.45) is 15.9. The first-order chi connectivity index (χ1) is 25.9. The van der Waals surface area contributed by atoms with Crippen LogP contribution >= 0.6 is 0 Å². The molecule has 2 saturated heterocycles. The number of piperazine rings is 1. The number of aromatic nitrogens is 7. The largest absolute Gasteiger partial charge is 0.496 e. The first-order valence-corrected chi connectivity index (χ1v) is 18.1. The van der Waals surface area contributed by atoms with Crippen LogP contribution in [0.25, 0.3) is 22.1 Å². The molecule has 4 amide bonds. The maximum atomic E-state index is 12.6. The zero-order valence-corrected chi connectivity index (χ0v) is 29.6. The molecule has 16 heteroatoms. The minimum atomic E-state index is -0.402. The van der Waals surface area contributed by atoms with Crippen LogP contribution in [0, 0.1) is 5.92 Å². The number of H-pyrrole nitrogens is 1. The number of hydrogen-bond acceptors (Lipinski definition) is 10. The predicted molar refractivity (Wildman–Crippen MR) is 204 cm³/mol. The highest BCUT2D eigenvalue weighted by Gasteiger charge is 2.28. The van der Waals surface area contributed by atoms with Crippen LogP contribution in [-0.2, 0) is 4.79 Å². The Morgan fingerprint density at radius 3 is 2.66 bits per heavy atom. The van der Waals surface area contributed by atoms with Crippen molar-refractivity contribution in [1.82, 2.24) is 44.4 Å². The number of ether oxygens (including phenoxy) is 1. The molecule has 0 unspecified atom stereocenters. The normalized spacial score (nSPS) is 17.2. The number of aromatic amines is 1. The number of pyridine rings is 1. The van der Waals surface area contributed by atoms with Gasteiger partial charge in [-0.05, 0) is 49.1 Å². The molecule has 53 heavy (non-hydrogen) atoms. The third-order valence-corrected chi connectivity index (χ3v) is 10.3. The van der Waals surface area contributed by atoms with Crippen molar-refractivity contribution in [1.29, 1.82) is 0 Å². The molecule has 1 aromatic carbocycles. The number of anilines is 3. The molecule has 0 atom stereocenters. The molecule has 3 fully saturated rings. The molecule has 3 aliphatic rings. The number of urea groups is 1. The van der Waals surface area contributed by atoms with Crippen molar-refractivity contribution >= 4 is 57.4 Å². The minimum absolute atomic E-state index is 0. The number of imide groups is 1. The van der Waals surface area contributed by atoms with E-state index in [0.717, 1.165) is 54.2 Å². The van der Waals surface area contributed by atoms with Crippen LogP contribution in [0.2, 0.25) is 0 Å². The molecule has 1 aliphatic carbocycles. The van der Waals surface area contributed by atoms with Crippen LogP contribution in [-0.4, -0.2) is 103 Å². The van der Waals surface area contributed by atoms with E-state index in [2.05, 4.69) is 51.8 Å². The zero-order valence-electron chi connectivity index (χ0n) is 29.6. The first-order valence-electron chi connectivity index (χ1n) is 18.1. The Bertz CT molecular complexity index is 2280. The molecule has 0 radical (unpaired) electrons. The van der Waals surface area contributed by atoms with Crippen LogP contribution in [0.1, 0.15) is 51.7 Å². The van der Waals surface area contributed by atoms with Crippen molar-refractivity contribution in [3.05, 3.63) is 72.9 Å². The Labute approximate surface area is 308 Å². The fourth-order valence-electron chi connectivity index (χ4n) is 7.54. The molecule has 3 N–H and O–H groups in total. The van der Waals surface area contributed by atoms with Crippen molar-refractivity contribution < 1.29 is 22.0 Å². The highest BCUT2D eigenvalue weighted by Crippen LogP contribution is 2.29. The van der Waals surface area contributed by atoms with Gasteiger partial charge in [-0.1, -0.05) is 19.3 Å². The van der Waals surface area contributed by atoms with Gasteiger partial charge < -0.3 is 15.0 Å². The molecule has 16 nitrogen and oxygen atoms in total. The van der Waals surface area contributed by atoms with Gasteiger partial charge in [-0.2, -0.15) is 14.7 Å². The number of carbonyl (C=O) groups excluding carboxylic acids is 3. The third kappa shape index (κ3) is 7.09. The molecule has 0 spiro atoms. The van der Waals surface area contributed by atoms with E-state index in [0.29, 0.717) is 41.7 Å². The summed E-state index contributed by atoms with van der Waals surface area (Å²) in [4.78, 5) is 51.6. The van der Waals surface area contributed by atoms with Crippen molar-refractivity contribution in [3.8, 4) is 5.75 Å². The van der Waals surface area contributed by atoms with Crippen LogP contribution in [0.15, 0.2) is 67.4 Å². The van der Waals surface area contributed by atoms with Crippen LogP contribution in [0.3, 0.4) is 0 Å². The fourth-order valence-corrected chi connectivity index (χ4v) is 7.54. The number of rotatable bonds is 7. The summed E-state index contributed by atoms with van der Waals surface area (Å²) in [5.74, 6) is 1.85. The summed E-state index contributed by atoms with van der Waals surface area (Å²) < 4.78 is 8.82. The predicted octanol–water partition coefficient (Wildman–Crippen LogP) is 4.84. The van der Waals surface area contributed by atoms with Gasteiger partial charge in [0.25, 0.3) is 5.91 Å². The SMILES string of the molecule is COc1cc2[nH]ncc2cc1C(=O)Nc1cnc2cccnn12.O=C1CCN(c2ncc3c(N4CCN(CC5CCCCC5)CC4)cccn23)C(=O)N1.[HH].[HH]. The molecular formula is C37H46N12O4. The lowest BCUT2D eigenvalue weighted by Crippen LogP contribution is -2.50. The summed E-state index contributed by atoms with van der Waals surface area (Å²) in [7, 11) is 1.52. The Balaban J connectivity index is 0.000000186. The summed E-state index contributed by atoms with van der Waals surface area (Å²) >= 11 is 0. The third-order valence-electron chi connectivity index (χ3n) is 10.3. The number of carbonyl (C=O) groups is 3. The van der Waals surface area contributed by atoms with Gasteiger partial charge >= 0.3 is 6.03 Å². The van der Waals surface area contributed by atoms with E-state index in [1.165, 1.54) is 45.8 Å². The Kier molecular flexibility index (Phi) is 9.58. The van der Waals surface area contributed by atoms with Gasteiger partial charge in [0.15, 0.2) is 11.5 Å². The topological polar surface area (TPSA) is 170 Å². The van der Waals surface area contributed by atoms with Gasteiger partial charge in [0.1, 0.15) is 5.75 Å². The van der Waals surface area contributed by atoms with E-state index in [4.69, 9.17) is 4.74 Å². The highest BCUT2D eigenvalue weighted by molar-refractivity contribution is 6.08. The number of nitrogens with zero attached hydrogens (tertiary/aromatic N) is 9. The second-order valence-corrected chi connectivity index (χ2v) is 13.7. The van der Waals surface area contributed by atoms with Crippen molar-refractivity contribution in [3.63, 3.8) is 0 Å². The van der Waals surface area contributed by atoms with Gasteiger partial charge in [-0.25, -0.2) is 14.8 Å². The number of imidazole rings is 2. The summed E-state index contributed by atoms with van der Waals surface area (Å²) in [5, 5.41) is 17.0. The average Bonchev–Trinajstić information content (AvgIpc) is 3.94. The lowest BCUT2D eigenvalue weighted by molar-refractivity contribution is -0.120. The molecule has 1 saturated carbocycles. The number of fused-ring (bicyclic) bond motifs is 3. The molecular weight excluding hydrogens is 676 g/mol. The van der Waals surface area contributed by atoms with Gasteiger partial charge in [-0.15, -0.1) is 0 Å². The van der Waals surface area contributed by atoms with E-state index >= 15 is 0 Å². The average molecular weight is 723 g/mol. The number of benzene rings is 1. The summed E-state index contributed by atoms with van der Waals surface area (Å²) in [5.41, 5.74) is 4.02. The summed E-state index contributed by atoms with van der Waals surface area (Å²) in [6.45, 7) is 5.80. The van der Waals surface area contributed by atoms with E-state index in [1.54, 1.807) is 52.3 Å². The second kappa shape index (κ2) is 14.9. The van der Waals surface area contributed by atoms with Gasteiger partial charge in [0.05, 0.1) is 48.0 Å². The van der Waals surface area contributed by atoms with Crippen LogP contribution in [0.4, 0.5) is 22.2 Å². The van der Waals surface area contributed by atoms with Gasteiger partial charge in [0, 0.05) is 72.4 Å². The number of nitrogens with one attached hydrogen (secondary N) is 3. The number of hydrogen-bond donors (Lipinski definition) is 3. The maximum absolute atomic E-state index is 12.6. The molecule has 278 valence electrons. The Morgan fingerprint density at radius 1 is 1.00 bits per heavy atom. The molecule has 7 heterocycles. The van der Waals surface area contributed by atoms with Crippen molar-refractivity contribution in [2.45, 2.75) is 38.5 Å². The molecule has 2 aliphatic heterocycles. The van der Waals surface area contributed by atoms with Crippen LogP contribution < -0.4 is 25.2 Å². The summed E-state index contributed by atoms with van der Waals surface area (Å²) in [6, 6.07) is 10.8. The van der Waals surface area contributed by atoms with E-state index in [9.17, 15) is 14.4 Å². The zero-order chi connectivity index (χ0) is 36.3. The first kappa shape index (κ1) is 34.1. The monoisotopic (exact) mass is 722 g/mol. The molecule has 6 aromatic rings. The maximum Gasteiger partial charge on any atom is 0.330 e. The van der Waals surface area contributed by atoms with Crippen LogP contribution in [0.5, 0.6) is 5.75 Å². The smallest absolute Gasteiger partial charge is 0.330 e. The Hall–Kier alpha value is -6.03. The Morgan fingerprint density at radius 2 is 1.85 bits per heavy atom. The van der Waals surface area contributed by atoms with Crippen molar-refractivity contribution in [2.24, 2.45) is 5.92 Å². The fraction of sp³-hybridized carbons (Fsp3) is 0.378. The lowest BCUT2D eigenvalue weighted by Gasteiger charge is -2.38.